The van der Waals surface area contributed by atoms with E-state index in [1.807, 2.05) is 0 Å². The zero-order chi connectivity index (χ0) is 10.1. The lowest BCUT2D eigenvalue weighted by atomic mass is 10.1. The predicted molar refractivity (Wildman–Crippen MR) is 50.1 cm³/mol. The zero-order valence-electron chi connectivity index (χ0n) is 7.23. The van der Waals surface area contributed by atoms with E-state index in [9.17, 15) is 9.90 Å². The highest BCUT2D eigenvalue weighted by Gasteiger charge is 2.04. The molecule has 0 radical (unpaired) electrons. The Morgan fingerprint density at radius 3 is 2.79 bits per heavy atom. The summed E-state index contributed by atoms with van der Waals surface area (Å²) in [5.41, 5.74) is 0.304. The van der Waals surface area contributed by atoms with Gasteiger partial charge in [-0.1, -0.05) is 6.07 Å². The van der Waals surface area contributed by atoms with E-state index in [-0.39, 0.29) is 17.9 Å². The van der Waals surface area contributed by atoms with Crippen LogP contribution in [0.1, 0.15) is 5.56 Å². The first-order valence-corrected chi connectivity index (χ1v) is 4.07. The smallest absolute Gasteiger partial charge is 0.339 e. The Kier molecular flexibility index (Phi) is 1.98. The Morgan fingerprint density at radius 2 is 2.07 bits per heavy atom. The zero-order valence-corrected chi connectivity index (χ0v) is 7.23. The molecule has 1 aromatic carbocycles. The van der Waals surface area contributed by atoms with Gasteiger partial charge in [-0.25, -0.2) is 4.79 Å². The van der Waals surface area contributed by atoms with Crippen LogP contribution in [0.3, 0.4) is 0 Å². The summed E-state index contributed by atoms with van der Waals surface area (Å²) in [6, 6.07) is 5.79. The summed E-state index contributed by atoms with van der Waals surface area (Å²) >= 11 is 0. The number of benzene rings is 1. The molecular weight excluding hydrogens is 184 g/mol. The Morgan fingerprint density at radius 1 is 1.29 bits per heavy atom. The van der Waals surface area contributed by atoms with Gasteiger partial charge in [0.15, 0.2) is 0 Å². The average molecular weight is 192 g/mol. The molecule has 0 aliphatic heterocycles. The topological polar surface area (TPSA) is 70.7 Å². The number of aromatic hydroxyl groups is 1. The fourth-order valence-electron chi connectivity index (χ4n) is 1.29. The van der Waals surface area contributed by atoms with Crippen molar-refractivity contribution in [1.29, 1.82) is 0 Å². The van der Waals surface area contributed by atoms with Crippen LogP contribution in [0.25, 0.3) is 11.0 Å². The molecule has 0 saturated carbocycles. The fourth-order valence-corrected chi connectivity index (χ4v) is 1.29. The van der Waals surface area contributed by atoms with Gasteiger partial charge in [0.05, 0.1) is 18.1 Å². The third-order valence-corrected chi connectivity index (χ3v) is 1.97. The van der Waals surface area contributed by atoms with Crippen molar-refractivity contribution in [2.45, 2.75) is 6.61 Å². The number of rotatable bonds is 1. The molecule has 2 rings (SSSR count). The van der Waals surface area contributed by atoms with Crippen molar-refractivity contribution in [3.63, 3.8) is 0 Å². The predicted octanol–water partition coefficient (Wildman–Crippen LogP) is 0.991. The summed E-state index contributed by atoms with van der Waals surface area (Å²) in [7, 11) is 0. The van der Waals surface area contributed by atoms with Crippen LogP contribution in [0.4, 0.5) is 0 Å². The lowest BCUT2D eigenvalue weighted by Gasteiger charge is -2.00. The molecule has 0 fully saturated rings. The summed E-state index contributed by atoms with van der Waals surface area (Å²) in [6.45, 7) is -0.130. The molecule has 0 atom stereocenters. The van der Waals surface area contributed by atoms with E-state index in [2.05, 4.69) is 0 Å². The van der Waals surface area contributed by atoms with Gasteiger partial charge < -0.3 is 14.6 Å². The van der Waals surface area contributed by atoms with Crippen molar-refractivity contribution in [3.8, 4) is 5.75 Å². The summed E-state index contributed by atoms with van der Waals surface area (Å²) in [4.78, 5) is 10.9. The largest absolute Gasteiger partial charge is 0.507 e. The fraction of sp³-hybridized carbons (Fsp3) is 0.100. The van der Waals surface area contributed by atoms with E-state index in [1.54, 1.807) is 12.1 Å². The number of aliphatic hydroxyl groups excluding tert-OH is 1. The molecule has 72 valence electrons. The molecule has 1 aromatic heterocycles. The normalized spacial score (nSPS) is 10.6. The van der Waals surface area contributed by atoms with E-state index in [0.717, 1.165) is 6.07 Å². The SMILES string of the molecule is O=c1cc(O)c2ccc(CO)cc2o1. The molecule has 0 unspecified atom stereocenters. The van der Waals surface area contributed by atoms with Crippen LogP contribution in [0.5, 0.6) is 5.75 Å². The van der Waals surface area contributed by atoms with Gasteiger partial charge in [0.2, 0.25) is 0 Å². The minimum absolute atomic E-state index is 0.110. The Labute approximate surface area is 79.0 Å². The second-order valence-electron chi connectivity index (χ2n) is 2.94. The first-order chi connectivity index (χ1) is 6.70. The number of hydrogen-bond acceptors (Lipinski definition) is 4. The van der Waals surface area contributed by atoms with Crippen LogP contribution in [-0.4, -0.2) is 10.2 Å². The lowest BCUT2D eigenvalue weighted by Crippen LogP contribution is -1.95. The van der Waals surface area contributed by atoms with E-state index < -0.39 is 5.63 Å². The van der Waals surface area contributed by atoms with Gasteiger partial charge in [-0.15, -0.1) is 0 Å². The Hall–Kier alpha value is -1.81. The molecule has 14 heavy (non-hydrogen) atoms. The monoisotopic (exact) mass is 192 g/mol. The number of fused-ring (bicyclic) bond motifs is 1. The Bertz CT molecular complexity index is 527. The van der Waals surface area contributed by atoms with E-state index in [0.29, 0.717) is 10.9 Å². The van der Waals surface area contributed by atoms with Crippen molar-refractivity contribution in [1.82, 2.24) is 0 Å². The van der Waals surface area contributed by atoms with E-state index in [1.165, 1.54) is 6.07 Å². The Balaban J connectivity index is 2.82. The molecule has 0 amide bonds. The van der Waals surface area contributed by atoms with Crippen molar-refractivity contribution < 1.29 is 14.6 Å². The van der Waals surface area contributed by atoms with Crippen LogP contribution in [0, 0.1) is 0 Å². The van der Waals surface area contributed by atoms with Crippen LogP contribution < -0.4 is 5.63 Å². The summed E-state index contributed by atoms with van der Waals surface area (Å²) in [6.07, 6.45) is 0. The van der Waals surface area contributed by atoms with Gasteiger partial charge in [0, 0.05) is 0 Å². The third-order valence-electron chi connectivity index (χ3n) is 1.97. The molecule has 0 aliphatic carbocycles. The molecule has 0 bridgehead atoms. The molecular formula is C10H8O4. The van der Waals surface area contributed by atoms with Gasteiger partial charge in [-0.3, -0.25) is 0 Å². The molecule has 2 N–H and O–H groups in total. The van der Waals surface area contributed by atoms with Gasteiger partial charge in [0.25, 0.3) is 0 Å². The highest BCUT2D eigenvalue weighted by Crippen LogP contribution is 2.22. The van der Waals surface area contributed by atoms with Crippen molar-refractivity contribution in [3.05, 3.63) is 40.2 Å². The van der Waals surface area contributed by atoms with Gasteiger partial charge in [-0.05, 0) is 17.7 Å². The van der Waals surface area contributed by atoms with Crippen LogP contribution in [-0.2, 0) is 6.61 Å². The third kappa shape index (κ3) is 1.36. The van der Waals surface area contributed by atoms with Crippen molar-refractivity contribution in [2.75, 3.05) is 0 Å². The molecule has 1 heterocycles. The molecule has 4 heteroatoms. The lowest BCUT2D eigenvalue weighted by molar-refractivity contribution is 0.282. The minimum Gasteiger partial charge on any atom is -0.507 e. The average Bonchev–Trinajstić information content (AvgIpc) is 2.16. The maximum Gasteiger partial charge on any atom is 0.339 e. The van der Waals surface area contributed by atoms with E-state index in [4.69, 9.17) is 9.52 Å². The van der Waals surface area contributed by atoms with Gasteiger partial charge in [0.1, 0.15) is 11.3 Å². The van der Waals surface area contributed by atoms with Crippen LogP contribution >= 0.6 is 0 Å². The maximum atomic E-state index is 10.9. The molecule has 0 saturated heterocycles. The highest BCUT2D eigenvalue weighted by atomic mass is 16.4. The minimum atomic E-state index is -0.606. The highest BCUT2D eigenvalue weighted by molar-refractivity contribution is 5.83. The van der Waals surface area contributed by atoms with Crippen molar-refractivity contribution >= 4 is 11.0 Å². The second kappa shape index (κ2) is 3.16. The molecule has 0 aliphatic rings. The summed E-state index contributed by atoms with van der Waals surface area (Å²) in [5, 5.41) is 18.7. The molecule has 2 aromatic rings. The number of aliphatic hydroxyl groups is 1. The van der Waals surface area contributed by atoms with Gasteiger partial charge >= 0.3 is 5.63 Å². The number of hydrogen-bond donors (Lipinski definition) is 2. The molecule has 4 nitrogen and oxygen atoms in total. The first-order valence-electron chi connectivity index (χ1n) is 4.07. The summed E-state index contributed by atoms with van der Waals surface area (Å²) in [5.74, 6) is -0.110. The first kappa shape index (κ1) is 8.77. The maximum absolute atomic E-state index is 10.9. The standard InChI is InChI=1S/C10H8O4/c11-5-6-1-2-7-8(12)4-10(13)14-9(7)3-6/h1-4,11-12H,5H2. The van der Waals surface area contributed by atoms with Gasteiger partial charge in [-0.2, -0.15) is 0 Å². The molecule has 0 spiro atoms. The second-order valence-corrected chi connectivity index (χ2v) is 2.94. The van der Waals surface area contributed by atoms with Crippen LogP contribution in [0.15, 0.2) is 33.5 Å². The van der Waals surface area contributed by atoms with Crippen molar-refractivity contribution in [2.24, 2.45) is 0 Å². The quantitative estimate of drug-likeness (QED) is 0.661. The van der Waals surface area contributed by atoms with Crippen LogP contribution in [0.2, 0.25) is 0 Å². The van der Waals surface area contributed by atoms with E-state index >= 15 is 0 Å². The summed E-state index contributed by atoms with van der Waals surface area (Å²) < 4.78 is 4.86.